The molecule has 1 aliphatic rings. The van der Waals surface area contributed by atoms with Gasteiger partial charge in [-0.25, -0.2) is 9.78 Å². The number of esters is 1. The first-order valence-corrected chi connectivity index (χ1v) is 9.59. The van der Waals surface area contributed by atoms with Gasteiger partial charge in [0.15, 0.2) is 5.16 Å². The fourth-order valence-corrected chi connectivity index (χ4v) is 3.69. The van der Waals surface area contributed by atoms with E-state index in [1.807, 2.05) is 30.3 Å². The minimum Gasteiger partial charge on any atom is -0.461 e. The average Bonchev–Trinajstić information content (AvgIpc) is 3.51. The summed E-state index contributed by atoms with van der Waals surface area (Å²) in [6.07, 6.45) is 2.02. The number of thioether (sulfide) groups is 1. The van der Waals surface area contributed by atoms with E-state index in [9.17, 15) is 9.59 Å². The van der Waals surface area contributed by atoms with Crippen LogP contribution in [0.5, 0.6) is 0 Å². The molecule has 3 aromatic rings. The fraction of sp³-hybridized carbons (Fsp3) is 0.250. The normalized spacial score (nSPS) is 13.7. The van der Waals surface area contributed by atoms with Crippen LogP contribution in [0.25, 0.3) is 10.9 Å². The number of fused-ring (bicyclic) bond motifs is 1. The molecule has 0 spiro atoms. The van der Waals surface area contributed by atoms with E-state index in [1.54, 1.807) is 28.8 Å². The largest absolute Gasteiger partial charge is 0.461 e. The van der Waals surface area contributed by atoms with E-state index >= 15 is 0 Å². The predicted octanol–water partition coefficient (Wildman–Crippen LogP) is 3.68. The highest BCUT2D eigenvalue weighted by atomic mass is 32.2. The Morgan fingerprint density at radius 2 is 1.85 bits per heavy atom. The molecule has 0 N–H and O–H groups in total. The van der Waals surface area contributed by atoms with Gasteiger partial charge < -0.3 is 4.74 Å². The Bertz CT molecular complexity index is 997. The van der Waals surface area contributed by atoms with E-state index < -0.39 is 0 Å². The van der Waals surface area contributed by atoms with Crippen molar-refractivity contribution >= 4 is 28.6 Å². The van der Waals surface area contributed by atoms with E-state index in [-0.39, 0.29) is 24.2 Å². The maximum Gasteiger partial charge on any atom is 0.338 e. The first-order valence-electron chi connectivity index (χ1n) is 8.60. The molecule has 0 radical (unpaired) electrons. The summed E-state index contributed by atoms with van der Waals surface area (Å²) in [5.74, 6) is 0.216. The molecule has 0 saturated heterocycles. The van der Waals surface area contributed by atoms with E-state index in [0.29, 0.717) is 27.4 Å². The molecule has 4 rings (SSSR count). The number of nitrogens with zero attached hydrogens (tertiary/aromatic N) is 2. The van der Waals surface area contributed by atoms with Crippen molar-refractivity contribution in [3.8, 4) is 0 Å². The van der Waals surface area contributed by atoms with Gasteiger partial charge >= 0.3 is 5.97 Å². The zero-order chi connectivity index (χ0) is 17.9. The minimum absolute atomic E-state index is 0.0156. The molecule has 1 aromatic heterocycles. The van der Waals surface area contributed by atoms with Crippen LogP contribution in [0.4, 0.5) is 0 Å². The van der Waals surface area contributed by atoms with Crippen LogP contribution in [-0.4, -0.2) is 27.9 Å². The lowest BCUT2D eigenvalue weighted by Crippen LogP contribution is -2.22. The van der Waals surface area contributed by atoms with Crippen molar-refractivity contribution in [2.45, 2.75) is 24.0 Å². The zero-order valence-electron chi connectivity index (χ0n) is 14.1. The average molecular weight is 366 g/mol. The summed E-state index contributed by atoms with van der Waals surface area (Å²) in [5, 5.41) is 1.35. The van der Waals surface area contributed by atoms with Crippen LogP contribution in [-0.2, 0) is 4.74 Å². The minimum atomic E-state index is -0.336. The Balaban J connectivity index is 1.46. The van der Waals surface area contributed by atoms with E-state index in [4.69, 9.17) is 4.74 Å². The molecule has 5 nitrogen and oxygen atoms in total. The molecule has 0 aliphatic heterocycles. The second kappa shape index (κ2) is 7.33. The Morgan fingerprint density at radius 3 is 2.62 bits per heavy atom. The van der Waals surface area contributed by atoms with E-state index in [1.165, 1.54) is 11.8 Å². The van der Waals surface area contributed by atoms with Crippen LogP contribution >= 0.6 is 11.8 Å². The zero-order valence-corrected chi connectivity index (χ0v) is 14.9. The lowest BCUT2D eigenvalue weighted by Gasteiger charge is -2.12. The molecule has 1 heterocycles. The van der Waals surface area contributed by atoms with Gasteiger partial charge in [-0.1, -0.05) is 42.1 Å². The molecular weight excluding hydrogens is 348 g/mol. The molecule has 26 heavy (non-hydrogen) atoms. The number of hydrogen-bond donors (Lipinski definition) is 0. The third kappa shape index (κ3) is 3.51. The Labute approximate surface area is 155 Å². The van der Waals surface area contributed by atoms with E-state index in [2.05, 4.69) is 4.98 Å². The summed E-state index contributed by atoms with van der Waals surface area (Å²) in [4.78, 5) is 29.4. The van der Waals surface area contributed by atoms with Crippen molar-refractivity contribution in [3.63, 3.8) is 0 Å². The van der Waals surface area contributed by atoms with Crippen LogP contribution in [0.1, 0.15) is 29.2 Å². The molecule has 6 heteroatoms. The number of ether oxygens (including phenoxy) is 1. The third-order valence-corrected chi connectivity index (χ3v) is 5.16. The Hall–Kier alpha value is -2.60. The monoisotopic (exact) mass is 366 g/mol. The molecule has 0 atom stereocenters. The molecule has 0 bridgehead atoms. The topological polar surface area (TPSA) is 61.2 Å². The van der Waals surface area contributed by atoms with Gasteiger partial charge in [-0.15, -0.1) is 0 Å². The highest BCUT2D eigenvalue weighted by Crippen LogP contribution is 2.36. The maximum absolute atomic E-state index is 12.8. The number of carbonyl (C=O) groups excluding carboxylic acids is 1. The van der Waals surface area contributed by atoms with Gasteiger partial charge in [0.05, 0.1) is 16.5 Å². The molecule has 0 amide bonds. The highest BCUT2D eigenvalue weighted by Gasteiger charge is 2.28. The number of carbonyl (C=O) groups is 1. The summed E-state index contributed by atoms with van der Waals surface area (Å²) in [7, 11) is 0. The van der Waals surface area contributed by atoms with Gasteiger partial charge in [0.2, 0.25) is 0 Å². The third-order valence-electron chi connectivity index (χ3n) is 4.24. The Kier molecular flexibility index (Phi) is 4.75. The lowest BCUT2D eigenvalue weighted by atomic mass is 10.2. The number of benzene rings is 2. The highest BCUT2D eigenvalue weighted by molar-refractivity contribution is 7.99. The molecule has 0 unspecified atom stereocenters. The SMILES string of the molecule is O=C(OCCSc1nc2ccccc2c(=O)n1C1CC1)c1ccccc1. The molecule has 2 aromatic carbocycles. The van der Waals surface area contributed by atoms with Crippen molar-refractivity contribution < 1.29 is 9.53 Å². The fourth-order valence-electron chi connectivity index (χ4n) is 2.81. The summed E-state index contributed by atoms with van der Waals surface area (Å²) < 4.78 is 7.11. The van der Waals surface area contributed by atoms with Gasteiger partial charge in [-0.05, 0) is 37.1 Å². The first kappa shape index (κ1) is 16.8. The number of para-hydroxylation sites is 1. The van der Waals surface area contributed by atoms with Crippen molar-refractivity contribution in [3.05, 3.63) is 70.5 Å². The van der Waals surface area contributed by atoms with Crippen LogP contribution in [0.15, 0.2) is 64.5 Å². The summed E-state index contributed by atoms with van der Waals surface area (Å²) in [6, 6.07) is 16.6. The number of rotatable bonds is 6. The van der Waals surface area contributed by atoms with Gasteiger partial charge in [0.1, 0.15) is 6.61 Å². The summed E-state index contributed by atoms with van der Waals surface area (Å²) in [6.45, 7) is 0.270. The summed E-state index contributed by atoms with van der Waals surface area (Å²) >= 11 is 1.46. The molecular formula is C20H18N2O3S. The number of aromatic nitrogens is 2. The number of hydrogen-bond acceptors (Lipinski definition) is 5. The first-order chi connectivity index (χ1) is 12.7. The lowest BCUT2D eigenvalue weighted by molar-refractivity contribution is 0.0530. The van der Waals surface area contributed by atoms with Crippen LogP contribution < -0.4 is 5.56 Å². The van der Waals surface area contributed by atoms with Crippen molar-refractivity contribution in [1.82, 2.24) is 9.55 Å². The van der Waals surface area contributed by atoms with Crippen molar-refractivity contribution in [2.75, 3.05) is 12.4 Å². The van der Waals surface area contributed by atoms with Gasteiger partial charge in [0.25, 0.3) is 5.56 Å². The quantitative estimate of drug-likeness (QED) is 0.288. The molecule has 1 saturated carbocycles. The smallest absolute Gasteiger partial charge is 0.338 e. The van der Waals surface area contributed by atoms with Crippen LogP contribution in [0.2, 0.25) is 0 Å². The van der Waals surface area contributed by atoms with Crippen LogP contribution in [0, 0.1) is 0 Å². The summed E-state index contributed by atoms with van der Waals surface area (Å²) in [5.41, 5.74) is 1.26. The van der Waals surface area contributed by atoms with Gasteiger partial charge in [-0.3, -0.25) is 9.36 Å². The van der Waals surface area contributed by atoms with Crippen molar-refractivity contribution in [1.29, 1.82) is 0 Å². The molecule has 132 valence electrons. The predicted molar refractivity (Wildman–Crippen MR) is 102 cm³/mol. The van der Waals surface area contributed by atoms with Gasteiger partial charge in [0, 0.05) is 11.8 Å². The molecule has 1 aliphatic carbocycles. The maximum atomic E-state index is 12.8. The second-order valence-electron chi connectivity index (χ2n) is 6.17. The molecule has 1 fully saturated rings. The van der Waals surface area contributed by atoms with Gasteiger partial charge in [-0.2, -0.15) is 0 Å². The second-order valence-corrected chi connectivity index (χ2v) is 7.23. The van der Waals surface area contributed by atoms with Crippen molar-refractivity contribution in [2.24, 2.45) is 0 Å². The van der Waals surface area contributed by atoms with Crippen LogP contribution in [0.3, 0.4) is 0 Å². The standard InChI is InChI=1S/C20H18N2O3S/c23-18-16-8-4-5-9-17(16)21-20(22(18)15-10-11-15)26-13-12-25-19(24)14-6-2-1-3-7-14/h1-9,15H,10-13H2. The Morgan fingerprint density at radius 1 is 1.12 bits per heavy atom. The van der Waals surface area contributed by atoms with E-state index in [0.717, 1.165) is 12.8 Å².